The molecule has 4 nitrogen and oxygen atoms in total. The van der Waals surface area contributed by atoms with Crippen LogP contribution in [0.1, 0.15) is 57.2 Å². The lowest BCUT2D eigenvalue weighted by Crippen LogP contribution is -2.11. The Balaban J connectivity index is 2.48. The van der Waals surface area contributed by atoms with Gasteiger partial charge in [0.15, 0.2) is 5.82 Å². The summed E-state index contributed by atoms with van der Waals surface area (Å²) in [6.07, 6.45) is 5.31. The molecule has 0 amide bonds. The van der Waals surface area contributed by atoms with Crippen LogP contribution in [0.5, 0.6) is 0 Å². The Bertz CT molecular complexity index is 256. The summed E-state index contributed by atoms with van der Waals surface area (Å²) in [6.45, 7) is 4.28. The molecule has 1 heterocycles. The van der Waals surface area contributed by atoms with Crippen LogP contribution in [-0.2, 0) is 6.42 Å². The SMILES string of the molecule is CCCCC(N)c1n[nH]c(CCC)n1. The van der Waals surface area contributed by atoms with E-state index in [2.05, 4.69) is 29.0 Å². The van der Waals surface area contributed by atoms with Crippen molar-refractivity contribution in [3.8, 4) is 0 Å². The van der Waals surface area contributed by atoms with Crippen molar-refractivity contribution in [3.63, 3.8) is 0 Å². The number of nitrogens with two attached hydrogens (primary N) is 1. The van der Waals surface area contributed by atoms with Gasteiger partial charge in [-0.1, -0.05) is 26.7 Å². The predicted octanol–water partition coefficient (Wildman–Crippen LogP) is 1.95. The molecule has 1 aromatic heterocycles. The van der Waals surface area contributed by atoms with Crippen LogP contribution in [0, 0.1) is 0 Å². The number of unbranched alkanes of at least 4 members (excludes halogenated alkanes) is 1. The zero-order valence-corrected chi connectivity index (χ0v) is 9.08. The van der Waals surface area contributed by atoms with Gasteiger partial charge in [-0.25, -0.2) is 4.98 Å². The summed E-state index contributed by atoms with van der Waals surface area (Å²) >= 11 is 0. The predicted molar refractivity (Wildman–Crippen MR) is 56.8 cm³/mol. The van der Waals surface area contributed by atoms with Gasteiger partial charge in [-0.3, -0.25) is 5.10 Å². The first kappa shape index (κ1) is 11.2. The highest BCUT2D eigenvalue weighted by Gasteiger charge is 2.10. The van der Waals surface area contributed by atoms with Gasteiger partial charge >= 0.3 is 0 Å². The van der Waals surface area contributed by atoms with E-state index in [1.807, 2.05) is 0 Å². The minimum Gasteiger partial charge on any atom is -0.321 e. The molecule has 0 saturated carbocycles. The number of aryl methyl sites for hydroxylation is 1. The maximum atomic E-state index is 5.95. The maximum Gasteiger partial charge on any atom is 0.167 e. The van der Waals surface area contributed by atoms with E-state index < -0.39 is 0 Å². The van der Waals surface area contributed by atoms with Gasteiger partial charge in [0, 0.05) is 6.42 Å². The molecule has 0 aromatic carbocycles. The van der Waals surface area contributed by atoms with Gasteiger partial charge in [0.05, 0.1) is 6.04 Å². The van der Waals surface area contributed by atoms with Gasteiger partial charge in [-0.2, -0.15) is 5.10 Å². The molecule has 1 rings (SSSR count). The van der Waals surface area contributed by atoms with Crippen molar-refractivity contribution in [1.29, 1.82) is 0 Å². The lowest BCUT2D eigenvalue weighted by Gasteiger charge is -2.04. The molecule has 3 N–H and O–H groups in total. The van der Waals surface area contributed by atoms with Crippen molar-refractivity contribution in [2.45, 2.75) is 52.0 Å². The van der Waals surface area contributed by atoms with Crippen LogP contribution in [0.25, 0.3) is 0 Å². The molecule has 0 radical (unpaired) electrons. The van der Waals surface area contributed by atoms with Gasteiger partial charge in [-0.05, 0) is 12.8 Å². The molecular formula is C10H20N4. The monoisotopic (exact) mass is 196 g/mol. The van der Waals surface area contributed by atoms with Gasteiger partial charge in [-0.15, -0.1) is 0 Å². The Morgan fingerprint density at radius 3 is 2.79 bits per heavy atom. The largest absolute Gasteiger partial charge is 0.321 e. The number of hydrogen-bond donors (Lipinski definition) is 2. The topological polar surface area (TPSA) is 67.6 Å². The summed E-state index contributed by atoms with van der Waals surface area (Å²) in [6, 6.07) is -0.00296. The third kappa shape index (κ3) is 3.10. The third-order valence-electron chi connectivity index (χ3n) is 2.24. The molecule has 0 spiro atoms. The second-order valence-corrected chi connectivity index (χ2v) is 3.64. The summed E-state index contributed by atoms with van der Waals surface area (Å²) in [7, 11) is 0. The van der Waals surface area contributed by atoms with E-state index in [1.54, 1.807) is 0 Å². The van der Waals surface area contributed by atoms with Gasteiger partial charge in [0.2, 0.25) is 0 Å². The number of aromatic nitrogens is 3. The average Bonchev–Trinajstić information content (AvgIpc) is 2.63. The molecule has 1 unspecified atom stereocenters. The second kappa shape index (κ2) is 5.75. The Morgan fingerprint density at radius 1 is 1.36 bits per heavy atom. The van der Waals surface area contributed by atoms with Crippen molar-refractivity contribution in [3.05, 3.63) is 11.6 Å². The molecule has 1 atom stereocenters. The fourth-order valence-corrected chi connectivity index (χ4v) is 1.38. The maximum absolute atomic E-state index is 5.95. The van der Waals surface area contributed by atoms with Gasteiger partial charge in [0.25, 0.3) is 0 Å². The molecular weight excluding hydrogens is 176 g/mol. The Hall–Kier alpha value is -0.900. The number of nitrogens with zero attached hydrogens (tertiary/aromatic N) is 2. The Kier molecular flexibility index (Phi) is 4.59. The standard InChI is InChI=1S/C10H20N4/c1-3-5-7-8(11)10-12-9(6-4-2)13-14-10/h8H,3-7,11H2,1-2H3,(H,12,13,14). The Labute approximate surface area is 85.3 Å². The van der Waals surface area contributed by atoms with E-state index in [9.17, 15) is 0 Å². The van der Waals surface area contributed by atoms with Crippen molar-refractivity contribution < 1.29 is 0 Å². The van der Waals surface area contributed by atoms with Crippen LogP contribution in [0.3, 0.4) is 0 Å². The second-order valence-electron chi connectivity index (χ2n) is 3.64. The lowest BCUT2D eigenvalue weighted by molar-refractivity contribution is 0.576. The molecule has 0 aliphatic carbocycles. The molecule has 0 saturated heterocycles. The summed E-state index contributed by atoms with van der Waals surface area (Å²) in [5, 5.41) is 7.05. The first-order chi connectivity index (χ1) is 6.77. The number of hydrogen-bond acceptors (Lipinski definition) is 3. The van der Waals surface area contributed by atoms with E-state index >= 15 is 0 Å². The summed E-state index contributed by atoms with van der Waals surface area (Å²) in [4.78, 5) is 4.36. The minimum atomic E-state index is -0.00296. The lowest BCUT2D eigenvalue weighted by atomic mass is 10.1. The van der Waals surface area contributed by atoms with Crippen LogP contribution in [0.4, 0.5) is 0 Å². The van der Waals surface area contributed by atoms with Crippen LogP contribution in [-0.4, -0.2) is 15.2 Å². The van der Waals surface area contributed by atoms with Crippen molar-refractivity contribution in [2.75, 3.05) is 0 Å². The zero-order chi connectivity index (χ0) is 10.4. The molecule has 0 fully saturated rings. The summed E-state index contributed by atoms with van der Waals surface area (Å²) in [5.41, 5.74) is 5.95. The van der Waals surface area contributed by atoms with E-state index in [0.717, 1.165) is 37.3 Å². The highest BCUT2D eigenvalue weighted by atomic mass is 15.2. The number of nitrogens with one attached hydrogen (secondary N) is 1. The molecule has 0 bridgehead atoms. The van der Waals surface area contributed by atoms with E-state index in [4.69, 9.17) is 5.73 Å². The third-order valence-corrected chi connectivity index (χ3v) is 2.24. The zero-order valence-electron chi connectivity index (χ0n) is 9.08. The normalized spacial score (nSPS) is 13.1. The fraction of sp³-hybridized carbons (Fsp3) is 0.800. The van der Waals surface area contributed by atoms with Crippen molar-refractivity contribution >= 4 is 0 Å². The van der Waals surface area contributed by atoms with Crippen LogP contribution in [0.2, 0.25) is 0 Å². The Morgan fingerprint density at radius 2 is 2.14 bits per heavy atom. The van der Waals surface area contributed by atoms with Crippen molar-refractivity contribution in [2.24, 2.45) is 5.73 Å². The smallest absolute Gasteiger partial charge is 0.167 e. The quantitative estimate of drug-likeness (QED) is 0.730. The van der Waals surface area contributed by atoms with Gasteiger partial charge < -0.3 is 5.73 Å². The summed E-state index contributed by atoms with van der Waals surface area (Å²) < 4.78 is 0. The van der Waals surface area contributed by atoms with Gasteiger partial charge in [0.1, 0.15) is 5.82 Å². The minimum absolute atomic E-state index is 0.00296. The van der Waals surface area contributed by atoms with Crippen LogP contribution >= 0.6 is 0 Å². The van der Waals surface area contributed by atoms with Crippen LogP contribution in [0.15, 0.2) is 0 Å². The number of H-pyrrole nitrogens is 1. The van der Waals surface area contributed by atoms with E-state index in [1.165, 1.54) is 6.42 Å². The number of aromatic amines is 1. The van der Waals surface area contributed by atoms with Crippen LogP contribution < -0.4 is 5.73 Å². The first-order valence-corrected chi connectivity index (χ1v) is 5.44. The highest BCUT2D eigenvalue weighted by Crippen LogP contribution is 2.12. The molecule has 80 valence electrons. The molecule has 0 aliphatic rings. The molecule has 14 heavy (non-hydrogen) atoms. The van der Waals surface area contributed by atoms with E-state index in [-0.39, 0.29) is 6.04 Å². The highest BCUT2D eigenvalue weighted by molar-refractivity contribution is 4.95. The first-order valence-electron chi connectivity index (χ1n) is 5.44. The fourth-order valence-electron chi connectivity index (χ4n) is 1.38. The molecule has 0 aliphatic heterocycles. The summed E-state index contributed by atoms with van der Waals surface area (Å²) in [5.74, 6) is 1.72. The average molecular weight is 196 g/mol. The molecule has 1 aromatic rings. The van der Waals surface area contributed by atoms with E-state index in [0.29, 0.717) is 0 Å². The molecule has 4 heteroatoms. The number of rotatable bonds is 6. The van der Waals surface area contributed by atoms with Crippen molar-refractivity contribution in [1.82, 2.24) is 15.2 Å².